The highest BCUT2D eigenvalue weighted by atomic mass is 15.2. The van der Waals surface area contributed by atoms with Crippen molar-refractivity contribution in [1.29, 1.82) is 0 Å². The molecule has 0 radical (unpaired) electrons. The summed E-state index contributed by atoms with van der Waals surface area (Å²) in [4.78, 5) is 11.8. The van der Waals surface area contributed by atoms with Gasteiger partial charge in [0.15, 0.2) is 5.82 Å². The fourth-order valence-electron chi connectivity index (χ4n) is 3.45. The maximum Gasteiger partial charge on any atom is 0.221 e. The highest BCUT2D eigenvalue weighted by Crippen LogP contribution is 2.32. The third kappa shape index (κ3) is 3.36. The average Bonchev–Trinajstić information content (AvgIpc) is 3.15. The minimum atomic E-state index is 0.245. The molecule has 5 rings (SSSR count). The first-order valence-electron chi connectivity index (χ1n) is 9.22. The summed E-state index contributed by atoms with van der Waals surface area (Å²) in [6.45, 7) is 0. The van der Waals surface area contributed by atoms with Gasteiger partial charge in [-0.3, -0.25) is 5.10 Å². The van der Waals surface area contributed by atoms with Gasteiger partial charge in [-0.25, -0.2) is 4.98 Å². The van der Waals surface area contributed by atoms with Crippen molar-refractivity contribution in [2.45, 2.75) is 25.7 Å². The molecule has 1 aliphatic rings. The second-order valence-electron chi connectivity index (χ2n) is 7.19. The van der Waals surface area contributed by atoms with E-state index in [1.807, 2.05) is 12.3 Å². The highest BCUT2D eigenvalue weighted by molar-refractivity contribution is 5.83. The van der Waals surface area contributed by atoms with Crippen LogP contribution in [0.1, 0.15) is 29.7 Å². The zero-order valence-corrected chi connectivity index (χ0v) is 14.9. The van der Waals surface area contributed by atoms with E-state index in [2.05, 4.69) is 54.7 Å². The normalized spacial score (nSPS) is 13.9. The fourth-order valence-corrected chi connectivity index (χ4v) is 3.45. The molecule has 0 saturated heterocycles. The quantitative estimate of drug-likeness (QED) is 0.421. The molecular formula is C20H21N7. The minimum Gasteiger partial charge on any atom is -0.368 e. The summed E-state index contributed by atoms with van der Waals surface area (Å²) in [5.41, 5.74) is 10.3. The number of nitrogens with zero attached hydrogens (tertiary/aromatic N) is 3. The summed E-state index contributed by atoms with van der Waals surface area (Å²) in [6, 6.07) is 10.4. The zero-order chi connectivity index (χ0) is 18.2. The Morgan fingerprint density at radius 3 is 3.00 bits per heavy atom. The van der Waals surface area contributed by atoms with E-state index in [1.54, 1.807) is 6.20 Å². The number of nitrogens with one attached hydrogen (secondary N) is 3. The first-order chi connectivity index (χ1) is 13.2. The van der Waals surface area contributed by atoms with E-state index >= 15 is 0 Å². The maximum absolute atomic E-state index is 5.83. The van der Waals surface area contributed by atoms with Gasteiger partial charge in [0.2, 0.25) is 5.95 Å². The topological polar surface area (TPSA) is 108 Å². The lowest BCUT2D eigenvalue weighted by Gasteiger charge is -2.10. The van der Waals surface area contributed by atoms with Crippen LogP contribution in [0.3, 0.4) is 0 Å². The van der Waals surface area contributed by atoms with Crippen molar-refractivity contribution in [3.63, 3.8) is 0 Å². The summed E-state index contributed by atoms with van der Waals surface area (Å²) in [5, 5.41) is 12.0. The third-order valence-corrected chi connectivity index (χ3v) is 5.03. The molecule has 27 heavy (non-hydrogen) atoms. The first-order valence-corrected chi connectivity index (χ1v) is 9.22. The lowest BCUT2D eigenvalue weighted by atomic mass is 10.0. The molecule has 4 aromatic rings. The Kier molecular flexibility index (Phi) is 3.78. The zero-order valence-electron chi connectivity index (χ0n) is 14.9. The van der Waals surface area contributed by atoms with Gasteiger partial charge >= 0.3 is 0 Å². The van der Waals surface area contributed by atoms with Crippen LogP contribution in [0.5, 0.6) is 0 Å². The standard InChI is InChI=1S/C20H21N7/c21-20-23-11-14(9-13-2-1-3-17-16(13)6-7-22-17)19(25-20)24-18-10-15(26-27-18)8-12-4-5-12/h1-3,6-7,10-12,22H,4-5,8-9H2,(H4,21,23,24,25,26,27). The number of fused-ring (bicyclic) bond motifs is 1. The number of benzene rings is 1. The predicted molar refractivity (Wildman–Crippen MR) is 106 cm³/mol. The summed E-state index contributed by atoms with van der Waals surface area (Å²) < 4.78 is 0. The van der Waals surface area contributed by atoms with Crippen molar-refractivity contribution in [2.24, 2.45) is 5.92 Å². The largest absolute Gasteiger partial charge is 0.368 e. The molecule has 0 aliphatic heterocycles. The van der Waals surface area contributed by atoms with Crippen LogP contribution in [0.4, 0.5) is 17.6 Å². The van der Waals surface area contributed by atoms with Crippen LogP contribution in [-0.4, -0.2) is 25.1 Å². The highest BCUT2D eigenvalue weighted by Gasteiger charge is 2.22. The van der Waals surface area contributed by atoms with Gasteiger partial charge in [0.25, 0.3) is 0 Å². The van der Waals surface area contributed by atoms with Gasteiger partial charge in [-0.05, 0) is 42.9 Å². The van der Waals surface area contributed by atoms with Crippen LogP contribution in [-0.2, 0) is 12.8 Å². The average molecular weight is 359 g/mol. The van der Waals surface area contributed by atoms with Crippen molar-refractivity contribution in [1.82, 2.24) is 25.1 Å². The van der Waals surface area contributed by atoms with Crippen LogP contribution in [0.2, 0.25) is 0 Å². The summed E-state index contributed by atoms with van der Waals surface area (Å²) >= 11 is 0. The van der Waals surface area contributed by atoms with Crippen molar-refractivity contribution in [3.8, 4) is 0 Å². The number of anilines is 3. The molecule has 136 valence electrons. The van der Waals surface area contributed by atoms with E-state index in [1.165, 1.54) is 23.8 Å². The fraction of sp³-hybridized carbons (Fsp3) is 0.250. The number of rotatable bonds is 6. The lowest BCUT2D eigenvalue weighted by Crippen LogP contribution is -2.05. The van der Waals surface area contributed by atoms with Crippen LogP contribution >= 0.6 is 0 Å². The molecule has 0 amide bonds. The molecule has 5 N–H and O–H groups in total. The Bertz CT molecular complexity index is 1090. The molecule has 0 bridgehead atoms. The van der Waals surface area contributed by atoms with Crippen LogP contribution in [0.15, 0.2) is 42.7 Å². The Labute approximate surface area is 156 Å². The number of hydrogen-bond acceptors (Lipinski definition) is 5. The molecule has 1 fully saturated rings. The molecule has 0 atom stereocenters. The number of aromatic nitrogens is 5. The number of aromatic amines is 2. The van der Waals surface area contributed by atoms with Gasteiger partial charge in [-0.15, -0.1) is 0 Å². The maximum atomic E-state index is 5.83. The number of nitrogen functional groups attached to an aromatic ring is 1. The van der Waals surface area contributed by atoms with Gasteiger partial charge in [-0.2, -0.15) is 10.1 Å². The molecule has 7 nitrogen and oxygen atoms in total. The van der Waals surface area contributed by atoms with Crippen LogP contribution < -0.4 is 11.1 Å². The van der Waals surface area contributed by atoms with Gasteiger partial charge < -0.3 is 16.0 Å². The van der Waals surface area contributed by atoms with Crippen molar-refractivity contribution in [3.05, 3.63) is 59.5 Å². The first kappa shape index (κ1) is 15.9. The number of hydrogen-bond donors (Lipinski definition) is 4. The minimum absolute atomic E-state index is 0.245. The molecule has 1 saturated carbocycles. The second-order valence-corrected chi connectivity index (χ2v) is 7.19. The van der Waals surface area contributed by atoms with E-state index in [4.69, 9.17) is 5.73 Å². The van der Waals surface area contributed by atoms with Gasteiger partial charge in [-0.1, -0.05) is 12.1 Å². The molecule has 3 aromatic heterocycles. The smallest absolute Gasteiger partial charge is 0.221 e. The molecule has 3 heterocycles. The van der Waals surface area contributed by atoms with E-state index in [0.717, 1.165) is 34.9 Å². The predicted octanol–water partition coefficient (Wildman–Crippen LogP) is 3.55. The number of nitrogens with two attached hydrogens (primary N) is 1. The van der Waals surface area contributed by atoms with Crippen molar-refractivity contribution >= 4 is 28.5 Å². The molecule has 1 aromatic carbocycles. The lowest BCUT2D eigenvalue weighted by molar-refractivity contribution is 0.796. The van der Waals surface area contributed by atoms with Crippen molar-refractivity contribution < 1.29 is 0 Å². The summed E-state index contributed by atoms with van der Waals surface area (Å²) in [6.07, 6.45) is 8.14. The third-order valence-electron chi connectivity index (χ3n) is 5.03. The van der Waals surface area contributed by atoms with E-state index in [0.29, 0.717) is 12.2 Å². The van der Waals surface area contributed by atoms with E-state index in [-0.39, 0.29) is 5.95 Å². The SMILES string of the molecule is Nc1ncc(Cc2cccc3[nH]ccc23)c(Nc2cc(CC3CC3)[nH]n2)n1. The molecule has 7 heteroatoms. The Balaban J connectivity index is 1.43. The molecule has 1 aliphatic carbocycles. The monoisotopic (exact) mass is 359 g/mol. The summed E-state index contributed by atoms with van der Waals surface area (Å²) in [7, 11) is 0. The second kappa shape index (κ2) is 6.42. The number of H-pyrrole nitrogens is 2. The Morgan fingerprint density at radius 2 is 2.11 bits per heavy atom. The van der Waals surface area contributed by atoms with Crippen molar-refractivity contribution in [2.75, 3.05) is 11.1 Å². The Hall–Kier alpha value is -3.35. The van der Waals surface area contributed by atoms with E-state index in [9.17, 15) is 0 Å². The van der Waals surface area contributed by atoms with E-state index < -0.39 is 0 Å². The van der Waals surface area contributed by atoms with Crippen LogP contribution in [0.25, 0.3) is 10.9 Å². The molecule has 0 spiro atoms. The summed E-state index contributed by atoms with van der Waals surface area (Å²) in [5.74, 6) is 2.50. The Morgan fingerprint density at radius 1 is 1.19 bits per heavy atom. The van der Waals surface area contributed by atoms with Gasteiger partial charge in [0.05, 0.1) is 0 Å². The van der Waals surface area contributed by atoms with Crippen LogP contribution in [0, 0.1) is 5.92 Å². The molecule has 0 unspecified atom stereocenters. The van der Waals surface area contributed by atoms with Gasteiger partial charge in [0.1, 0.15) is 5.82 Å². The van der Waals surface area contributed by atoms with Gasteiger partial charge in [0, 0.05) is 47.0 Å². The molecular weight excluding hydrogens is 338 g/mol.